The van der Waals surface area contributed by atoms with Crippen molar-refractivity contribution in [1.82, 2.24) is 0 Å². The van der Waals surface area contributed by atoms with Crippen LogP contribution in [0.2, 0.25) is 0 Å². The molecule has 0 bridgehead atoms. The van der Waals surface area contributed by atoms with Gasteiger partial charge in [-0.15, -0.1) is 11.8 Å². The largest absolute Gasteiger partial charge is 0.502 e. The summed E-state index contributed by atoms with van der Waals surface area (Å²) in [4.78, 5) is 24.2. The molecule has 1 amide bonds. The first-order chi connectivity index (χ1) is 11.5. The number of carbonyl (C=O) groups excluding carboxylic acids is 1. The molecule has 1 atom stereocenters. The minimum absolute atomic E-state index is 0.124. The van der Waals surface area contributed by atoms with Crippen LogP contribution in [-0.4, -0.2) is 28.8 Å². The fourth-order valence-electron chi connectivity index (χ4n) is 2.57. The van der Waals surface area contributed by atoms with E-state index in [9.17, 15) is 20.0 Å². The molecule has 1 aliphatic rings. The van der Waals surface area contributed by atoms with E-state index in [-0.39, 0.29) is 17.3 Å². The van der Waals surface area contributed by atoms with Crippen molar-refractivity contribution in [2.45, 2.75) is 5.37 Å². The first kappa shape index (κ1) is 16.1. The van der Waals surface area contributed by atoms with Gasteiger partial charge in [-0.1, -0.05) is 12.1 Å². The number of benzene rings is 2. The van der Waals surface area contributed by atoms with E-state index in [1.165, 1.54) is 28.8 Å². The van der Waals surface area contributed by atoms with Crippen molar-refractivity contribution in [3.05, 3.63) is 58.1 Å². The van der Waals surface area contributed by atoms with Gasteiger partial charge in [-0.25, -0.2) is 0 Å². The van der Waals surface area contributed by atoms with Gasteiger partial charge in [-0.3, -0.25) is 19.8 Å². The molecule has 24 heavy (non-hydrogen) atoms. The lowest BCUT2D eigenvalue weighted by atomic mass is 10.1. The van der Waals surface area contributed by atoms with Gasteiger partial charge in [-0.2, -0.15) is 0 Å². The van der Waals surface area contributed by atoms with Crippen LogP contribution < -0.4 is 9.64 Å². The number of methoxy groups -OCH3 is 1. The Morgan fingerprint density at radius 3 is 2.62 bits per heavy atom. The van der Waals surface area contributed by atoms with Gasteiger partial charge in [0.25, 0.3) is 0 Å². The molecular formula is C16H14N2O5S. The van der Waals surface area contributed by atoms with Crippen LogP contribution in [0.5, 0.6) is 11.5 Å². The number of phenolic OH excluding ortho intramolecular Hbond substituents is 1. The summed E-state index contributed by atoms with van der Waals surface area (Å²) in [6.45, 7) is 0. The summed E-state index contributed by atoms with van der Waals surface area (Å²) in [5, 5.41) is 20.7. The first-order valence-corrected chi connectivity index (χ1v) is 8.12. The van der Waals surface area contributed by atoms with Gasteiger partial charge in [0.05, 0.1) is 17.8 Å². The molecule has 0 unspecified atom stereocenters. The van der Waals surface area contributed by atoms with Gasteiger partial charge in [0.15, 0.2) is 0 Å². The highest BCUT2D eigenvalue weighted by Gasteiger charge is 2.37. The molecular weight excluding hydrogens is 332 g/mol. The molecule has 8 heteroatoms. The van der Waals surface area contributed by atoms with E-state index in [0.29, 0.717) is 17.0 Å². The van der Waals surface area contributed by atoms with Crippen LogP contribution in [0.1, 0.15) is 10.9 Å². The molecule has 1 heterocycles. The van der Waals surface area contributed by atoms with E-state index in [1.54, 1.807) is 37.4 Å². The number of para-hydroxylation sites is 1. The third kappa shape index (κ3) is 2.76. The molecule has 1 N–H and O–H groups in total. The van der Waals surface area contributed by atoms with Crippen molar-refractivity contribution in [2.75, 3.05) is 17.8 Å². The van der Waals surface area contributed by atoms with E-state index in [4.69, 9.17) is 4.74 Å². The Hall–Kier alpha value is -2.74. The minimum Gasteiger partial charge on any atom is -0.502 e. The number of amides is 1. The van der Waals surface area contributed by atoms with Crippen molar-refractivity contribution in [2.24, 2.45) is 0 Å². The van der Waals surface area contributed by atoms with Gasteiger partial charge in [0, 0.05) is 17.3 Å². The fourth-order valence-corrected chi connectivity index (χ4v) is 3.77. The monoisotopic (exact) mass is 346 g/mol. The van der Waals surface area contributed by atoms with E-state index in [1.807, 2.05) is 0 Å². The van der Waals surface area contributed by atoms with Crippen molar-refractivity contribution in [3.8, 4) is 11.5 Å². The number of hydrogen-bond donors (Lipinski definition) is 1. The highest BCUT2D eigenvalue weighted by atomic mass is 32.2. The van der Waals surface area contributed by atoms with Crippen LogP contribution >= 0.6 is 11.8 Å². The molecule has 7 nitrogen and oxygen atoms in total. The number of phenols is 1. The molecule has 2 aromatic carbocycles. The summed E-state index contributed by atoms with van der Waals surface area (Å²) in [5.74, 6) is 0.362. The summed E-state index contributed by atoms with van der Waals surface area (Å²) in [6, 6.07) is 11.3. The molecule has 1 saturated heterocycles. The summed E-state index contributed by atoms with van der Waals surface area (Å²) in [6.07, 6.45) is 0. The van der Waals surface area contributed by atoms with Crippen LogP contribution in [-0.2, 0) is 4.79 Å². The topological polar surface area (TPSA) is 92.9 Å². The van der Waals surface area contributed by atoms with Gasteiger partial charge in [-0.05, 0) is 24.3 Å². The molecule has 3 rings (SSSR count). The summed E-state index contributed by atoms with van der Waals surface area (Å²) in [5.41, 5.74) is 0.611. The molecule has 0 aliphatic carbocycles. The predicted octanol–water partition coefficient (Wildman–Crippen LogP) is 3.09. The highest BCUT2D eigenvalue weighted by Crippen LogP contribution is 2.46. The van der Waals surface area contributed by atoms with E-state index < -0.39 is 16.0 Å². The van der Waals surface area contributed by atoms with Gasteiger partial charge in [0.2, 0.25) is 11.7 Å². The quantitative estimate of drug-likeness (QED) is 0.675. The maximum Gasteiger partial charge on any atom is 0.311 e. The maximum atomic E-state index is 12.3. The zero-order valence-corrected chi connectivity index (χ0v) is 13.5. The number of nitrogens with zero attached hydrogens (tertiary/aromatic N) is 2. The zero-order chi connectivity index (χ0) is 17.3. The predicted molar refractivity (Wildman–Crippen MR) is 90.4 cm³/mol. The van der Waals surface area contributed by atoms with Crippen LogP contribution in [0, 0.1) is 10.1 Å². The lowest BCUT2D eigenvalue weighted by Crippen LogP contribution is -2.27. The van der Waals surface area contributed by atoms with Gasteiger partial charge < -0.3 is 9.84 Å². The van der Waals surface area contributed by atoms with Gasteiger partial charge >= 0.3 is 5.69 Å². The van der Waals surface area contributed by atoms with Crippen molar-refractivity contribution in [3.63, 3.8) is 0 Å². The number of rotatable bonds is 4. The Morgan fingerprint density at radius 1 is 1.29 bits per heavy atom. The second-order valence-electron chi connectivity index (χ2n) is 5.10. The average molecular weight is 346 g/mol. The van der Waals surface area contributed by atoms with E-state index in [2.05, 4.69) is 0 Å². The lowest BCUT2D eigenvalue weighted by molar-refractivity contribution is -0.385. The lowest BCUT2D eigenvalue weighted by Gasteiger charge is -2.24. The number of anilines is 1. The second-order valence-corrected chi connectivity index (χ2v) is 6.17. The van der Waals surface area contributed by atoms with Gasteiger partial charge in [0.1, 0.15) is 11.1 Å². The SMILES string of the molecule is COc1ccc(N2C(=O)CS[C@@H]2c2cccc([N+](=O)[O-])c2O)cc1. The standard InChI is InChI=1S/C16H14N2O5S/c1-23-11-7-5-10(6-8-11)17-14(19)9-24-16(17)12-3-2-4-13(15(12)20)18(21)22/h2-8,16,20H,9H2,1H3/t16-/m1/s1. The number of carbonyl (C=O) groups is 1. The molecule has 1 fully saturated rings. The molecule has 0 radical (unpaired) electrons. The molecule has 124 valence electrons. The van der Waals surface area contributed by atoms with Crippen LogP contribution in [0.4, 0.5) is 11.4 Å². The van der Waals surface area contributed by atoms with Crippen LogP contribution in [0.3, 0.4) is 0 Å². The van der Waals surface area contributed by atoms with E-state index in [0.717, 1.165) is 0 Å². The Morgan fingerprint density at radius 2 is 2.00 bits per heavy atom. The smallest absolute Gasteiger partial charge is 0.311 e. The summed E-state index contributed by atoms with van der Waals surface area (Å²) < 4.78 is 5.11. The third-order valence-electron chi connectivity index (χ3n) is 3.73. The third-order valence-corrected chi connectivity index (χ3v) is 4.92. The Labute approximate surface area is 142 Å². The molecule has 0 spiro atoms. The summed E-state index contributed by atoms with van der Waals surface area (Å²) >= 11 is 1.31. The number of nitro benzene ring substituents is 1. The Bertz CT molecular complexity index is 794. The van der Waals surface area contributed by atoms with E-state index >= 15 is 0 Å². The number of nitro groups is 1. The molecule has 1 aliphatic heterocycles. The number of hydrogen-bond acceptors (Lipinski definition) is 6. The van der Waals surface area contributed by atoms with Crippen LogP contribution in [0.25, 0.3) is 0 Å². The van der Waals surface area contributed by atoms with Crippen molar-refractivity contribution < 1.29 is 19.6 Å². The molecule has 2 aromatic rings. The highest BCUT2D eigenvalue weighted by molar-refractivity contribution is 8.00. The number of ether oxygens (including phenoxy) is 1. The average Bonchev–Trinajstić information content (AvgIpc) is 2.96. The first-order valence-electron chi connectivity index (χ1n) is 7.07. The number of thioether (sulfide) groups is 1. The molecule has 0 aromatic heterocycles. The second kappa shape index (κ2) is 6.40. The van der Waals surface area contributed by atoms with Crippen LogP contribution in [0.15, 0.2) is 42.5 Å². The Balaban J connectivity index is 2.02. The fraction of sp³-hybridized carbons (Fsp3) is 0.188. The minimum atomic E-state index is -0.641. The maximum absolute atomic E-state index is 12.3. The van der Waals surface area contributed by atoms with Crippen molar-refractivity contribution >= 4 is 29.0 Å². The Kier molecular flexibility index (Phi) is 4.30. The zero-order valence-electron chi connectivity index (χ0n) is 12.7. The number of aromatic hydroxyl groups is 1. The normalized spacial score (nSPS) is 17.1. The molecule has 0 saturated carbocycles. The summed E-state index contributed by atoms with van der Waals surface area (Å²) in [7, 11) is 1.55. The van der Waals surface area contributed by atoms with Crippen molar-refractivity contribution in [1.29, 1.82) is 0 Å².